The van der Waals surface area contributed by atoms with Crippen LogP contribution in [0.3, 0.4) is 0 Å². The number of carbonyl (C=O) groups excluding carboxylic acids is 1. The van der Waals surface area contributed by atoms with Gasteiger partial charge in [0, 0.05) is 7.05 Å². The Kier molecular flexibility index (Phi) is 3.85. The first-order valence-electron chi connectivity index (χ1n) is 6.98. The molecule has 23 heavy (non-hydrogen) atoms. The van der Waals surface area contributed by atoms with Gasteiger partial charge in [0.2, 0.25) is 0 Å². The summed E-state index contributed by atoms with van der Waals surface area (Å²) in [5, 5.41) is 0. The Labute approximate surface area is 135 Å². The second-order valence-electron chi connectivity index (χ2n) is 5.39. The normalized spacial score (nSPS) is 12.1. The molecule has 0 fully saturated rings. The topological polar surface area (TPSA) is 34.4 Å². The van der Waals surface area contributed by atoms with Crippen molar-refractivity contribution in [3.63, 3.8) is 0 Å². The average Bonchev–Trinajstić information content (AvgIpc) is 2.74. The molecule has 0 radical (unpaired) electrons. The third kappa shape index (κ3) is 2.70. The lowest BCUT2D eigenvalue weighted by molar-refractivity contribution is 0.0990. The summed E-state index contributed by atoms with van der Waals surface area (Å²) >= 11 is 1.32. The van der Waals surface area contributed by atoms with Gasteiger partial charge in [-0.2, -0.15) is 4.99 Å². The predicted molar refractivity (Wildman–Crippen MR) is 86.5 cm³/mol. The average molecular weight is 332 g/mol. The maximum Gasteiger partial charge on any atom is 0.285 e. The van der Waals surface area contributed by atoms with Crippen molar-refractivity contribution in [3.8, 4) is 0 Å². The van der Waals surface area contributed by atoms with E-state index in [4.69, 9.17) is 0 Å². The number of amides is 1. The van der Waals surface area contributed by atoms with Crippen LogP contribution in [0.15, 0.2) is 35.3 Å². The summed E-state index contributed by atoms with van der Waals surface area (Å²) in [4.78, 5) is 16.5. The van der Waals surface area contributed by atoms with Gasteiger partial charge in [-0.25, -0.2) is 8.78 Å². The van der Waals surface area contributed by atoms with Gasteiger partial charge in [-0.3, -0.25) is 4.79 Å². The SMILES string of the molecule is Cc1cc(C)c2c(c1)sc(=NC(=O)c1c(F)cccc1F)n2C. The minimum atomic E-state index is -0.919. The number of hydrogen-bond acceptors (Lipinski definition) is 2. The smallest absolute Gasteiger partial charge is 0.285 e. The number of aryl methyl sites for hydroxylation is 3. The molecule has 3 rings (SSSR count). The van der Waals surface area contributed by atoms with Gasteiger partial charge in [-0.1, -0.05) is 23.5 Å². The summed E-state index contributed by atoms with van der Waals surface area (Å²) in [6.07, 6.45) is 0. The number of thiazole rings is 1. The van der Waals surface area contributed by atoms with Gasteiger partial charge in [-0.15, -0.1) is 0 Å². The fraction of sp³-hybridized carbons (Fsp3) is 0.176. The molecule has 0 unspecified atom stereocenters. The Hall–Kier alpha value is -2.34. The van der Waals surface area contributed by atoms with Crippen molar-refractivity contribution in [2.45, 2.75) is 13.8 Å². The second kappa shape index (κ2) is 5.70. The van der Waals surface area contributed by atoms with Crippen LogP contribution in [0.2, 0.25) is 0 Å². The van der Waals surface area contributed by atoms with Crippen molar-refractivity contribution < 1.29 is 13.6 Å². The number of fused-ring (bicyclic) bond motifs is 1. The maximum atomic E-state index is 13.7. The van der Waals surface area contributed by atoms with E-state index in [1.807, 2.05) is 26.0 Å². The summed E-state index contributed by atoms with van der Waals surface area (Å²) in [6.45, 7) is 3.97. The lowest BCUT2D eigenvalue weighted by atomic mass is 10.1. The van der Waals surface area contributed by atoms with Crippen molar-refractivity contribution >= 4 is 27.5 Å². The molecule has 0 saturated carbocycles. The lowest BCUT2D eigenvalue weighted by Crippen LogP contribution is -2.15. The molecule has 0 spiro atoms. The van der Waals surface area contributed by atoms with E-state index in [1.165, 1.54) is 17.4 Å². The van der Waals surface area contributed by atoms with Gasteiger partial charge in [0.25, 0.3) is 5.91 Å². The van der Waals surface area contributed by atoms with Crippen LogP contribution in [0.25, 0.3) is 10.2 Å². The van der Waals surface area contributed by atoms with E-state index in [-0.39, 0.29) is 0 Å². The third-order valence-electron chi connectivity index (χ3n) is 3.61. The monoisotopic (exact) mass is 332 g/mol. The van der Waals surface area contributed by atoms with Gasteiger partial charge in [0.05, 0.1) is 10.2 Å². The van der Waals surface area contributed by atoms with E-state index in [1.54, 1.807) is 11.6 Å². The Balaban J connectivity index is 2.20. The van der Waals surface area contributed by atoms with Gasteiger partial charge in [0.1, 0.15) is 17.2 Å². The molecule has 0 saturated heterocycles. The number of carbonyl (C=O) groups is 1. The van der Waals surface area contributed by atoms with Crippen LogP contribution < -0.4 is 4.80 Å². The molecular formula is C17H14F2N2OS. The van der Waals surface area contributed by atoms with Crippen LogP contribution >= 0.6 is 11.3 Å². The van der Waals surface area contributed by atoms with Crippen molar-refractivity contribution in [1.82, 2.24) is 4.57 Å². The highest BCUT2D eigenvalue weighted by Gasteiger charge is 2.17. The van der Waals surface area contributed by atoms with Crippen LogP contribution in [0.5, 0.6) is 0 Å². The number of aromatic nitrogens is 1. The highest BCUT2D eigenvalue weighted by molar-refractivity contribution is 7.16. The maximum absolute atomic E-state index is 13.7. The fourth-order valence-electron chi connectivity index (χ4n) is 2.63. The van der Waals surface area contributed by atoms with Crippen LogP contribution in [-0.2, 0) is 7.05 Å². The highest BCUT2D eigenvalue weighted by Crippen LogP contribution is 2.22. The van der Waals surface area contributed by atoms with E-state index in [2.05, 4.69) is 4.99 Å². The van der Waals surface area contributed by atoms with Crippen molar-refractivity contribution in [3.05, 3.63) is 63.5 Å². The van der Waals surface area contributed by atoms with E-state index in [0.717, 1.165) is 33.5 Å². The molecule has 3 aromatic rings. The lowest BCUT2D eigenvalue weighted by Gasteiger charge is -2.02. The highest BCUT2D eigenvalue weighted by atomic mass is 32.1. The van der Waals surface area contributed by atoms with Crippen molar-refractivity contribution in [1.29, 1.82) is 0 Å². The second-order valence-corrected chi connectivity index (χ2v) is 6.39. The quantitative estimate of drug-likeness (QED) is 0.666. The van der Waals surface area contributed by atoms with Crippen molar-refractivity contribution in [2.75, 3.05) is 0 Å². The first-order valence-corrected chi connectivity index (χ1v) is 7.80. The van der Waals surface area contributed by atoms with Gasteiger partial charge >= 0.3 is 0 Å². The zero-order valence-corrected chi connectivity index (χ0v) is 13.7. The molecule has 3 nitrogen and oxygen atoms in total. The summed E-state index contributed by atoms with van der Waals surface area (Å²) in [5.74, 6) is -2.73. The van der Waals surface area contributed by atoms with E-state index < -0.39 is 23.1 Å². The fourth-order valence-corrected chi connectivity index (χ4v) is 3.83. The minimum absolute atomic E-state index is 0.404. The Morgan fingerprint density at radius 2 is 1.83 bits per heavy atom. The van der Waals surface area contributed by atoms with E-state index in [0.29, 0.717) is 4.80 Å². The van der Waals surface area contributed by atoms with E-state index >= 15 is 0 Å². The first kappa shape index (κ1) is 15.6. The number of nitrogens with zero attached hydrogens (tertiary/aromatic N) is 2. The molecule has 118 valence electrons. The summed E-state index contributed by atoms with van der Waals surface area (Å²) in [7, 11) is 1.78. The van der Waals surface area contributed by atoms with Crippen LogP contribution in [0.4, 0.5) is 8.78 Å². The summed E-state index contributed by atoms with van der Waals surface area (Å²) < 4.78 is 30.1. The standard InChI is InChI=1S/C17H14F2N2OS/c1-9-7-10(2)15-13(8-9)23-17(21(15)3)20-16(22)14-11(18)5-4-6-12(14)19/h4-8H,1-3H3. The zero-order valence-electron chi connectivity index (χ0n) is 12.9. The molecule has 0 aliphatic rings. The van der Waals surface area contributed by atoms with Gasteiger partial charge in [-0.05, 0) is 43.2 Å². The van der Waals surface area contributed by atoms with Crippen LogP contribution in [0, 0.1) is 25.5 Å². The molecule has 0 N–H and O–H groups in total. The third-order valence-corrected chi connectivity index (χ3v) is 4.69. The molecule has 1 aromatic heterocycles. The number of halogens is 2. The Morgan fingerprint density at radius 3 is 2.48 bits per heavy atom. The van der Waals surface area contributed by atoms with Crippen molar-refractivity contribution in [2.24, 2.45) is 12.0 Å². The largest absolute Gasteiger partial charge is 0.319 e. The predicted octanol–water partition coefficient (Wildman–Crippen LogP) is 3.88. The summed E-state index contributed by atoms with van der Waals surface area (Å²) in [6, 6.07) is 7.35. The van der Waals surface area contributed by atoms with Crippen LogP contribution in [-0.4, -0.2) is 10.5 Å². The molecule has 0 bridgehead atoms. The van der Waals surface area contributed by atoms with Gasteiger partial charge < -0.3 is 4.57 Å². The molecule has 1 heterocycles. The molecule has 0 atom stereocenters. The molecule has 0 aliphatic heterocycles. The number of benzene rings is 2. The Morgan fingerprint density at radius 1 is 1.17 bits per heavy atom. The zero-order chi connectivity index (χ0) is 16.7. The number of hydrogen-bond donors (Lipinski definition) is 0. The van der Waals surface area contributed by atoms with Gasteiger partial charge in [0.15, 0.2) is 4.80 Å². The summed E-state index contributed by atoms with van der Waals surface area (Å²) in [5.41, 5.74) is 2.50. The van der Waals surface area contributed by atoms with E-state index in [9.17, 15) is 13.6 Å². The number of rotatable bonds is 1. The first-order chi connectivity index (χ1) is 10.9. The molecular weight excluding hydrogens is 318 g/mol. The minimum Gasteiger partial charge on any atom is -0.319 e. The molecule has 6 heteroatoms. The molecule has 0 aliphatic carbocycles. The Bertz CT molecular complexity index is 981. The molecule has 1 amide bonds. The molecule has 2 aromatic carbocycles. The van der Waals surface area contributed by atoms with Crippen LogP contribution in [0.1, 0.15) is 21.5 Å².